The maximum absolute atomic E-state index is 13.2. The minimum atomic E-state index is -0.470. The lowest BCUT2D eigenvalue weighted by molar-refractivity contribution is 0.101. The summed E-state index contributed by atoms with van der Waals surface area (Å²) in [6.45, 7) is 0. The van der Waals surface area contributed by atoms with E-state index in [0.717, 1.165) is 15.4 Å². The Labute approximate surface area is 169 Å². The number of carbonyl (C=O) groups is 1. The molecule has 5 rings (SSSR count). The summed E-state index contributed by atoms with van der Waals surface area (Å²) >= 11 is 0. The van der Waals surface area contributed by atoms with E-state index in [9.17, 15) is 14.0 Å². The van der Waals surface area contributed by atoms with Gasteiger partial charge in [-0.3, -0.25) is 15.0 Å². The van der Waals surface area contributed by atoms with Crippen molar-refractivity contribution in [1.82, 2.24) is 19.4 Å². The van der Waals surface area contributed by atoms with Gasteiger partial charge in [0, 0.05) is 5.56 Å². The molecule has 0 aliphatic carbocycles. The van der Waals surface area contributed by atoms with Gasteiger partial charge in [-0.25, -0.2) is 18.7 Å². The van der Waals surface area contributed by atoms with Gasteiger partial charge < -0.3 is 0 Å². The summed E-state index contributed by atoms with van der Waals surface area (Å²) in [6, 6.07) is 18.7. The molecule has 0 saturated heterocycles. The zero-order valence-corrected chi connectivity index (χ0v) is 15.5. The number of nitrogens with zero attached hydrogens (tertiary/aromatic N) is 4. The summed E-state index contributed by atoms with van der Waals surface area (Å²) in [7, 11) is 0. The average Bonchev–Trinajstić information content (AvgIpc) is 3.20. The third-order valence-electron chi connectivity index (χ3n) is 4.79. The van der Waals surface area contributed by atoms with Gasteiger partial charge in [-0.2, -0.15) is 5.10 Å². The molecule has 0 radical (unpaired) electrons. The van der Waals surface area contributed by atoms with Crippen molar-refractivity contribution in [2.45, 2.75) is 0 Å². The van der Waals surface area contributed by atoms with Gasteiger partial charge in [0.2, 0.25) is 0 Å². The fourth-order valence-corrected chi connectivity index (χ4v) is 3.27. The second-order valence-corrected chi connectivity index (χ2v) is 6.69. The first-order valence-corrected chi connectivity index (χ1v) is 9.12. The van der Waals surface area contributed by atoms with Crippen molar-refractivity contribution in [2.24, 2.45) is 0 Å². The fraction of sp³-hybridized carbons (Fsp3) is 0. The Bertz CT molecular complexity index is 1470. The van der Waals surface area contributed by atoms with Crippen LogP contribution in [0.5, 0.6) is 0 Å². The van der Waals surface area contributed by atoms with E-state index in [4.69, 9.17) is 0 Å². The normalized spacial score (nSPS) is 11.1. The van der Waals surface area contributed by atoms with Gasteiger partial charge in [0.25, 0.3) is 11.5 Å². The number of halogens is 1. The molecule has 146 valence electrons. The Morgan fingerprint density at radius 2 is 1.73 bits per heavy atom. The summed E-state index contributed by atoms with van der Waals surface area (Å²) < 4.78 is 15.6. The minimum absolute atomic E-state index is 0.223. The second-order valence-electron chi connectivity index (χ2n) is 6.69. The molecular formula is C22H14FN5O2. The number of amides is 1. The Morgan fingerprint density at radius 1 is 0.967 bits per heavy atom. The number of rotatable bonds is 3. The Morgan fingerprint density at radius 3 is 2.53 bits per heavy atom. The smallest absolute Gasteiger partial charge is 0.267 e. The van der Waals surface area contributed by atoms with Gasteiger partial charge in [0.05, 0.1) is 11.9 Å². The largest absolute Gasteiger partial charge is 0.283 e. The van der Waals surface area contributed by atoms with Gasteiger partial charge in [-0.15, -0.1) is 0 Å². The van der Waals surface area contributed by atoms with E-state index in [0.29, 0.717) is 16.9 Å². The average molecular weight is 399 g/mol. The molecular weight excluding hydrogens is 385 g/mol. The zero-order chi connectivity index (χ0) is 20.7. The third-order valence-corrected chi connectivity index (χ3v) is 4.79. The number of aromatic nitrogens is 4. The van der Waals surface area contributed by atoms with Crippen LogP contribution in [0.3, 0.4) is 0 Å². The van der Waals surface area contributed by atoms with Gasteiger partial charge >= 0.3 is 0 Å². The van der Waals surface area contributed by atoms with Crippen LogP contribution < -0.4 is 11.0 Å². The van der Waals surface area contributed by atoms with Gasteiger partial charge in [-0.05, 0) is 47.2 Å². The lowest BCUT2D eigenvalue weighted by Crippen LogP contribution is -2.33. The molecule has 1 amide bonds. The summed E-state index contributed by atoms with van der Waals surface area (Å²) in [5.41, 5.74) is 3.38. The molecule has 2 heterocycles. The molecule has 0 aliphatic rings. The van der Waals surface area contributed by atoms with Crippen molar-refractivity contribution in [2.75, 3.05) is 5.43 Å². The highest BCUT2D eigenvalue weighted by atomic mass is 19.1. The molecule has 0 unspecified atom stereocenters. The molecule has 1 N–H and O–H groups in total. The van der Waals surface area contributed by atoms with Gasteiger partial charge in [-0.1, -0.05) is 30.3 Å². The first-order valence-electron chi connectivity index (χ1n) is 9.12. The van der Waals surface area contributed by atoms with Crippen LogP contribution in [0.1, 0.15) is 10.4 Å². The highest BCUT2D eigenvalue weighted by Gasteiger charge is 2.14. The summed E-state index contributed by atoms with van der Waals surface area (Å²) in [4.78, 5) is 29.7. The third kappa shape index (κ3) is 3.00. The van der Waals surface area contributed by atoms with Crippen molar-refractivity contribution >= 4 is 27.7 Å². The molecule has 0 atom stereocenters. The predicted octanol–water partition coefficient (Wildman–Crippen LogP) is 3.26. The van der Waals surface area contributed by atoms with Crippen molar-refractivity contribution < 1.29 is 9.18 Å². The molecule has 7 nitrogen and oxygen atoms in total. The molecule has 0 fully saturated rings. The van der Waals surface area contributed by atoms with Crippen LogP contribution in [-0.2, 0) is 0 Å². The molecule has 0 bridgehead atoms. The van der Waals surface area contributed by atoms with Gasteiger partial charge in [0.1, 0.15) is 17.5 Å². The van der Waals surface area contributed by atoms with Crippen molar-refractivity contribution in [3.05, 3.63) is 101 Å². The standard InChI is InChI=1S/C22H14FN5O2/c23-17-7-9-18(10-8-17)28-20-19(12-25-28)22(30)27(13-24-20)26-21(29)16-6-5-14-3-1-2-4-15(14)11-16/h1-13H,(H,26,29). The van der Waals surface area contributed by atoms with Crippen LogP contribution in [0.4, 0.5) is 4.39 Å². The summed E-state index contributed by atoms with van der Waals surface area (Å²) in [5, 5.41) is 6.34. The Kier molecular flexibility index (Phi) is 4.10. The first-order chi connectivity index (χ1) is 14.6. The summed E-state index contributed by atoms with van der Waals surface area (Å²) in [5.74, 6) is -0.808. The molecule has 30 heavy (non-hydrogen) atoms. The highest BCUT2D eigenvalue weighted by molar-refractivity contribution is 6.03. The number of carbonyl (C=O) groups excluding carboxylic acids is 1. The molecule has 5 aromatic rings. The Hall–Kier alpha value is -4.33. The zero-order valence-electron chi connectivity index (χ0n) is 15.5. The van der Waals surface area contributed by atoms with E-state index in [1.807, 2.05) is 30.3 Å². The van der Waals surface area contributed by atoms with Crippen molar-refractivity contribution in [3.8, 4) is 5.69 Å². The second kappa shape index (κ2) is 6.93. The van der Waals surface area contributed by atoms with E-state index in [1.165, 1.54) is 41.5 Å². The van der Waals surface area contributed by atoms with Crippen molar-refractivity contribution in [1.29, 1.82) is 0 Å². The van der Waals surface area contributed by atoms with E-state index in [1.54, 1.807) is 12.1 Å². The minimum Gasteiger partial charge on any atom is -0.267 e. The predicted molar refractivity (Wildman–Crippen MR) is 111 cm³/mol. The lowest BCUT2D eigenvalue weighted by Gasteiger charge is -2.09. The lowest BCUT2D eigenvalue weighted by atomic mass is 10.1. The van der Waals surface area contributed by atoms with E-state index in [-0.39, 0.29) is 11.2 Å². The monoisotopic (exact) mass is 399 g/mol. The maximum Gasteiger partial charge on any atom is 0.283 e. The number of hydrogen-bond acceptors (Lipinski definition) is 4. The van der Waals surface area contributed by atoms with E-state index >= 15 is 0 Å². The van der Waals surface area contributed by atoms with Crippen LogP contribution in [0.2, 0.25) is 0 Å². The van der Waals surface area contributed by atoms with E-state index in [2.05, 4.69) is 15.5 Å². The number of fused-ring (bicyclic) bond motifs is 2. The van der Waals surface area contributed by atoms with Gasteiger partial charge in [0.15, 0.2) is 5.65 Å². The Balaban J connectivity index is 1.48. The highest BCUT2D eigenvalue weighted by Crippen LogP contribution is 2.16. The van der Waals surface area contributed by atoms with Crippen molar-refractivity contribution in [3.63, 3.8) is 0 Å². The van der Waals surface area contributed by atoms with Crippen LogP contribution in [-0.4, -0.2) is 25.3 Å². The maximum atomic E-state index is 13.2. The number of hydrogen-bond donors (Lipinski definition) is 1. The first kappa shape index (κ1) is 17.7. The van der Waals surface area contributed by atoms with Crippen LogP contribution >= 0.6 is 0 Å². The van der Waals surface area contributed by atoms with E-state index < -0.39 is 11.5 Å². The quantitative estimate of drug-likeness (QED) is 0.505. The number of nitrogens with one attached hydrogen (secondary N) is 1. The molecule has 0 saturated carbocycles. The molecule has 8 heteroatoms. The number of benzene rings is 3. The summed E-state index contributed by atoms with van der Waals surface area (Å²) in [6.07, 6.45) is 2.60. The topological polar surface area (TPSA) is 81.8 Å². The SMILES string of the molecule is O=C(Nn1cnc2c(cnn2-c2ccc(F)cc2)c1=O)c1ccc2ccccc2c1. The van der Waals surface area contributed by atoms with Crippen LogP contribution in [0.25, 0.3) is 27.5 Å². The molecule has 2 aromatic heterocycles. The molecule has 0 aliphatic heterocycles. The van der Waals surface area contributed by atoms with Crippen LogP contribution in [0, 0.1) is 5.82 Å². The molecule has 0 spiro atoms. The molecule has 3 aromatic carbocycles. The van der Waals surface area contributed by atoms with Crippen LogP contribution in [0.15, 0.2) is 84.0 Å². The fourth-order valence-electron chi connectivity index (χ4n) is 3.27.